The first kappa shape index (κ1) is 34.6. The van der Waals surface area contributed by atoms with Crippen LogP contribution in [0.3, 0.4) is 0 Å². The predicted molar refractivity (Wildman–Crippen MR) is 149 cm³/mol. The van der Waals surface area contributed by atoms with Crippen LogP contribution in [0, 0.1) is 0 Å². The maximum atomic E-state index is 11.2. The highest BCUT2D eigenvalue weighted by Gasteiger charge is 2.53. The molecule has 4 aliphatic heterocycles. The van der Waals surface area contributed by atoms with Gasteiger partial charge in [0.1, 0.15) is 48.8 Å². The quantitative estimate of drug-likeness (QED) is 0.112. The van der Waals surface area contributed by atoms with E-state index in [1.54, 1.807) is 0 Å². The van der Waals surface area contributed by atoms with Gasteiger partial charge in [-0.15, -0.1) is 0 Å². The fraction of sp³-hybridized carbons (Fsp3) is 1.00. The molecule has 18 atom stereocenters. The van der Waals surface area contributed by atoms with Crippen LogP contribution >= 0.6 is 0 Å². The summed E-state index contributed by atoms with van der Waals surface area (Å²) in [6.45, 7) is 1.09. The summed E-state index contributed by atoms with van der Waals surface area (Å²) in [5.41, 5.74) is 30.7. The first-order chi connectivity index (χ1) is 21.0. The van der Waals surface area contributed by atoms with Crippen LogP contribution in [0.5, 0.6) is 0 Å². The topological polar surface area (TPSA) is 308 Å². The van der Waals surface area contributed by atoms with Crippen molar-refractivity contribution in [2.45, 2.75) is 129 Å². The van der Waals surface area contributed by atoms with E-state index in [-0.39, 0.29) is 25.1 Å². The van der Waals surface area contributed by atoms with E-state index in [0.717, 1.165) is 0 Å². The van der Waals surface area contributed by atoms with Crippen molar-refractivity contribution in [3.8, 4) is 0 Å². The van der Waals surface area contributed by atoms with Crippen molar-refractivity contribution in [2.75, 3.05) is 32.9 Å². The van der Waals surface area contributed by atoms with Gasteiger partial charge in [-0.3, -0.25) is 0 Å². The molecule has 1 saturated carbocycles. The molecule has 5 aliphatic rings. The van der Waals surface area contributed by atoms with Gasteiger partial charge in [0.2, 0.25) is 0 Å². The molecule has 4 heterocycles. The van der Waals surface area contributed by atoms with Crippen molar-refractivity contribution in [1.82, 2.24) is 5.32 Å². The van der Waals surface area contributed by atoms with E-state index in [2.05, 4.69) is 5.32 Å². The summed E-state index contributed by atoms with van der Waals surface area (Å²) in [4.78, 5) is 0. The smallest absolute Gasteiger partial charge is 0.187 e. The van der Waals surface area contributed by atoms with Gasteiger partial charge in [0, 0.05) is 25.2 Å². The Bertz CT molecular complexity index is 910. The van der Waals surface area contributed by atoms with Crippen LogP contribution in [0.1, 0.15) is 19.3 Å². The first-order valence-electron chi connectivity index (χ1n) is 15.3. The minimum atomic E-state index is -1.53. The molecule has 44 heavy (non-hydrogen) atoms. The lowest BCUT2D eigenvalue weighted by Crippen LogP contribution is -2.66. The van der Waals surface area contributed by atoms with Gasteiger partial charge >= 0.3 is 0 Å². The molecular formula is C26H50N6O12. The third-order valence-corrected chi connectivity index (χ3v) is 9.23. The van der Waals surface area contributed by atoms with Gasteiger partial charge in [-0.05, 0) is 19.3 Å². The molecule has 0 unspecified atom stereocenters. The summed E-state index contributed by atoms with van der Waals surface area (Å²) >= 11 is 0. The minimum absolute atomic E-state index is 0.0337. The highest BCUT2D eigenvalue weighted by atomic mass is 16.8. The van der Waals surface area contributed by atoms with Gasteiger partial charge in [-0.2, -0.15) is 0 Å². The number of nitrogens with one attached hydrogen (secondary N) is 1. The molecular weight excluding hydrogens is 588 g/mol. The Morgan fingerprint density at radius 1 is 0.705 bits per heavy atom. The molecule has 18 heteroatoms. The number of rotatable bonds is 9. The van der Waals surface area contributed by atoms with E-state index in [1.165, 1.54) is 0 Å². The molecule has 5 fully saturated rings. The van der Waals surface area contributed by atoms with Crippen LogP contribution in [0.4, 0.5) is 0 Å². The average molecular weight is 639 g/mol. The fourth-order valence-corrected chi connectivity index (χ4v) is 6.56. The van der Waals surface area contributed by atoms with Crippen molar-refractivity contribution < 1.29 is 58.7 Å². The van der Waals surface area contributed by atoms with Crippen LogP contribution in [0.25, 0.3) is 0 Å². The second-order valence-corrected chi connectivity index (χ2v) is 12.3. The van der Waals surface area contributed by atoms with Crippen molar-refractivity contribution in [3.63, 3.8) is 0 Å². The van der Waals surface area contributed by atoms with Crippen molar-refractivity contribution in [2.24, 2.45) is 28.7 Å². The maximum Gasteiger partial charge on any atom is 0.187 e. The summed E-state index contributed by atoms with van der Waals surface area (Å²) in [7, 11) is 0. The third-order valence-electron chi connectivity index (χ3n) is 9.23. The van der Waals surface area contributed by atoms with Crippen LogP contribution in [0.15, 0.2) is 0 Å². The van der Waals surface area contributed by atoms with Crippen LogP contribution in [0.2, 0.25) is 0 Å². The summed E-state index contributed by atoms with van der Waals surface area (Å²) < 4.78 is 41.5. The first-order valence-corrected chi connectivity index (χ1v) is 15.3. The van der Waals surface area contributed by atoms with Gasteiger partial charge in [-0.1, -0.05) is 0 Å². The Kier molecular flexibility index (Phi) is 11.8. The number of morpholine rings is 1. The molecule has 0 amide bonds. The molecule has 0 aromatic carbocycles. The predicted octanol–water partition coefficient (Wildman–Crippen LogP) is -6.81. The summed E-state index contributed by atoms with van der Waals surface area (Å²) in [6.07, 6.45) is -13.4. The summed E-state index contributed by atoms with van der Waals surface area (Å²) in [5.74, 6) is 0. The molecule has 18 nitrogen and oxygen atoms in total. The van der Waals surface area contributed by atoms with Gasteiger partial charge in [0.15, 0.2) is 18.9 Å². The normalized spacial score (nSPS) is 52.2. The Morgan fingerprint density at radius 2 is 1.41 bits per heavy atom. The Balaban J connectivity index is 1.28. The van der Waals surface area contributed by atoms with Crippen LogP contribution < -0.4 is 34.0 Å². The largest absolute Gasteiger partial charge is 0.394 e. The molecule has 0 bridgehead atoms. The lowest BCUT2D eigenvalue weighted by Gasteiger charge is -2.46. The zero-order chi connectivity index (χ0) is 31.7. The fourth-order valence-electron chi connectivity index (χ4n) is 6.56. The molecule has 16 N–H and O–H groups in total. The van der Waals surface area contributed by atoms with Crippen molar-refractivity contribution in [3.05, 3.63) is 0 Å². The number of aliphatic hydroxyl groups is 5. The second kappa shape index (κ2) is 15.0. The Morgan fingerprint density at radius 3 is 2.09 bits per heavy atom. The standard InChI is InChI=1S/C26H50N6O12/c27-6-14-18(35)19(36)16(31)25(40-14)43-22-15(7-33)41-26(20(22)37)44-23-17(34)10(29)5-11(30)21(23)42-24-9(28)1-2-13(39-24)12-8-38-4-3-32-12/h9-26,32-37H,1-8,27-31H2/t9-,10-,11+,12+,13+,14+,15-,16-,17+,18-,19-,20-,21-,22-,23-,24-,25-,26+/m1/s1. The van der Waals surface area contributed by atoms with E-state index >= 15 is 0 Å². The van der Waals surface area contributed by atoms with E-state index in [4.69, 9.17) is 61.8 Å². The monoisotopic (exact) mass is 638 g/mol. The number of nitrogens with two attached hydrogens (primary N) is 5. The maximum absolute atomic E-state index is 11.2. The highest BCUT2D eigenvalue weighted by molar-refractivity contribution is 5.01. The minimum Gasteiger partial charge on any atom is -0.394 e. The van der Waals surface area contributed by atoms with E-state index in [0.29, 0.717) is 32.6 Å². The zero-order valence-corrected chi connectivity index (χ0v) is 24.5. The Hall–Kier alpha value is -0.720. The van der Waals surface area contributed by atoms with Crippen LogP contribution in [-0.4, -0.2) is 169 Å². The molecule has 5 rings (SSSR count). The molecule has 256 valence electrons. The zero-order valence-electron chi connectivity index (χ0n) is 24.5. The highest BCUT2D eigenvalue weighted by Crippen LogP contribution is 2.34. The van der Waals surface area contributed by atoms with Gasteiger partial charge in [0.05, 0.1) is 50.2 Å². The van der Waals surface area contributed by atoms with Crippen LogP contribution in [-0.2, 0) is 33.2 Å². The number of hydrogen-bond acceptors (Lipinski definition) is 18. The molecule has 0 aromatic rings. The summed E-state index contributed by atoms with van der Waals surface area (Å²) in [6, 6.07) is -3.19. The summed E-state index contributed by atoms with van der Waals surface area (Å²) in [5, 5.41) is 56.3. The van der Waals surface area contributed by atoms with Gasteiger partial charge in [-0.25, -0.2) is 0 Å². The van der Waals surface area contributed by atoms with Gasteiger partial charge < -0.3 is 92.7 Å². The molecule has 4 saturated heterocycles. The molecule has 0 spiro atoms. The van der Waals surface area contributed by atoms with Crippen molar-refractivity contribution >= 4 is 0 Å². The number of hydrogen-bond donors (Lipinski definition) is 11. The lowest BCUT2D eigenvalue weighted by molar-refractivity contribution is -0.291. The van der Waals surface area contributed by atoms with E-state index in [9.17, 15) is 25.5 Å². The average Bonchev–Trinajstić information content (AvgIpc) is 3.32. The molecule has 1 aliphatic carbocycles. The number of aliphatic hydroxyl groups excluding tert-OH is 5. The van der Waals surface area contributed by atoms with E-state index in [1.807, 2.05) is 0 Å². The van der Waals surface area contributed by atoms with Crippen molar-refractivity contribution in [1.29, 1.82) is 0 Å². The number of ether oxygens (including phenoxy) is 7. The third kappa shape index (κ3) is 7.23. The van der Waals surface area contributed by atoms with Gasteiger partial charge in [0.25, 0.3) is 0 Å². The lowest BCUT2D eigenvalue weighted by atomic mass is 9.84. The SMILES string of the molecule is NC[C@@H]1O[C@H](O[C@H]2[C@@H](O)[C@H](O[C@@H]3[C@@H](O)[C@H](N)C[C@H](N)[C@H]3O[C@H]3O[C@H]([C@@H]4COCCN4)CC[C@H]3N)O[C@@H]2CO)[C@H](N)[C@@H](O)[C@@H]1O. The second-order valence-electron chi connectivity index (χ2n) is 12.3. The Labute approximate surface area is 255 Å². The van der Waals surface area contributed by atoms with E-state index < -0.39 is 105 Å². The molecule has 0 radical (unpaired) electrons. The molecule has 0 aromatic heterocycles.